The van der Waals surface area contributed by atoms with Gasteiger partial charge in [-0.2, -0.15) is 0 Å². The maximum Gasteiger partial charge on any atom is 0.341 e. The summed E-state index contributed by atoms with van der Waals surface area (Å²) in [6.45, 7) is 1.62. The second kappa shape index (κ2) is 17.7. The van der Waals surface area contributed by atoms with Crippen LogP contribution in [0.4, 0.5) is 16.4 Å². The minimum Gasteiger partial charge on any atom is -0.496 e. The van der Waals surface area contributed by atoms with Gasteiger partial charge in [0.25, 0.3) is 17.7 Å². The summed E-state index contributed by atoms with van der Waals surface area (Å²) in [6, 6.07) is 31.4. The van der Waals surface area contributed by atoms with E-state index in [1.165, 1.54) is 32.1 Å². The molecule has 0 saturated heterocycles. The highest BCUT2D eigenvalue weighted by Gasteiger charge is 2.26. The third-order valence-corrected chi connectivity index (χ3v) is 9.66. The van der Waals surface area contributed by atoms with Gasteiger partial charge in [-0.25, -0.2) is 4.79 Å². The van der Waals surface area contributed by atoms with E-state index in [-0.39, 0.29) is 26.9 Å². The van der Waals surface area contributed by atoms with Gasteiger partial charge >= 0.3 is 5.97 Å². The number of carbonyl (C=O) groups excluding carboxylic acids is 5. The molecule has 5 rings (SSSR count). The van der Waals surface area contributed by atoms with E-state index in [0.29, 0.717) is 38.7 Å². The van der Waals surface area contributed by atoms with Crippen LogP contribution in [0.1, 0.15) is 41.5 Å². The summed E-state index contributed by atoms with van der Waals surface area (Å²) in [5.41, 5.74) is 2.44. The molecule has 4 aromatic carbocycles. The minimum atomic E-state index is -0.682. The number of benzene rings is 4. The molecule has 0 spiro atoms. The summed E-state index contributed by atoms with van der Waals surface area (Å²) in [6.07, 6.45) is 1.53. The molecule has 264 valence electrons. The maximum atomic E-state index is 13.6. The van der Waals surface area contributed by atoms with Gasteiger partial charge < -0.3 is 30.7 Å². The Balaban J connectivity index is 1.28. The molecule has 1 heterocycles. The Hall–Kier alpha value is -6.18. The minimum absolute atomic E-state index is 0.0137. The number of amides is 4. The van der Waals surface area contributed by atoms with Crippen LogP contribution in [-0.2, 0) is 14.3 Å². The zero-order valence-corrected chi connectivity index (χ0v) is 30.0. The van der Waals surface area contributed by atoms with Gasteiger partial charge in [-0.3, -0.25) is 19.2 Å². The normalized spacial score (nSPS) is 10.9. The molecule has 52 heavy (non-hydrogen) atoms. The number of esters is 1. The van der Waals surface area contributed by atoms with E-state index >= 15 is 0 Å². The Morgan fingerprint density at radius 3 is 2.13 bits per heavy atom. The molecule has 0 bridgehead atoms. The molecular formula is C39H34N4O7S2. The SMILES string of the molecule is COC(=O)c1c(NC(=O)CSc2cccc(NC(=O)/C(=C\c3ccccc3OC)NC(=O)c3ccccc3)c2)sc(C(=O)Nc2ccccc2)c1C. The van der Waals surface area contributed by atoms with Crippen LogP contribution < -0.4 is 26.0 Å². The lowest BCUT2D eigenvalue weighted by Crippen LogP contribution is -2.30. The Morgan fingerprint density at radius 2 is 1.42 bits per heavy atom. The first-order valence-electron chi connectivity index (χ1n) is 15.8. The molecule has 1 aromatic heterocycles. The van der Waals surface area contributed by atoms with Crippen molar-refractivity contribution in [3.8, 4) is 5.75 Å². The monoisotopic (exact) mass is 734 g/mol. The second-order valence-electron chi connectivity index (χ2n) is 11.0. The number of thioether (sulfide) groups is 1. The van der Waals surface area contributed by atoms with Crippen molar-refractivity contribution < 1.29 is 33.4 Å². The summed E-state index contributed by atoms with van der Waals surface area (Å²) >= 11 is 2.18. The number of methoxy groups -OCH3 is 2. The van der Waals surface area contributed by atoms with Crippen LogP contribution in [0.5, 0.6) is 5.75 Å². The second-order valence-corrected chi connectivity index (χ2v) is 13.1. The van der Waals surface area contributed by atoms with Crippen LogP contribution in [-0.4, -0.2) is 49.6 Å². The number of thiophene rings is 1. The van der Waals surface area contributed by atoms with Crippen LogP contribution >= 0.6 is 23.1 Å². The first-order valence-corrected chi connectivity index (χ1v) is 17.6. The number of nitrogens with one attached hydrogen (secondary N) is 4. The third-order valence-electron chi connectivity index (χ3n) is 7.46. The Labute approximate surface area is 308 Å². The van der Waals surface area contributed by atoms with Gasteiger partial charge in [-0.1, -0.05) is 60.7 Å². The molecule has 0 atom stereocenters. The highest BCUT2D eigenvalue weighted by atomic mass is 32.2. The number of carbonyl (C=O) groups is 5. The average Bonchev–Trinajstić information content (AvgIpc) is 3.49. The molecule has 13 heteroatoms. The first-order chi connectivity index (χ1) is 25.2. The molecule has 4 N–H and O–H groups in total. The van der Waals surface area contributed by atoms with Gasteiger partial charge in [-0.05, 0) is 67.1 Å². The number of para-hydroxylation sites is 2. The third kappa shape index (κ3) is 9.53. The molecule has 0 aliphatic carbocycles. The van der Waals surface area contributed by atoms with Crippen LogP contribution in [0.25, 0.3) is 6.08 Å². The Morgan fingerprint density at radius 1 is 0.750 bits per heavy atom. The van der Waals surface area contributed by atoms with E-state index < -0.39 is 29.6 Å². The van der Waals surface area contributed by atoms with Crippen molar-refractivity contribution in [2.24, 2.45) is 0 Å². The molecular weight excluding hydrogens is 701 g/mol. The van der Waals surface area contributed by atoms with E-state index in [9.17, 15) is 24.0 Å². The highest BCUT2D eigenvalue weighted by molar-refractivity contribution is 8.00. The van der Waals surface area contributed by atoms with E-state index in [1.54, 1.807) is 110 Å². The van der Waals surface area contributed by atoms with E-state index in [0.717, 1.165) is 11.3 Å². The van der Waals surface area contributed by atoms with Crippen LogP contribution in [0.15, 0.2) is 120 Å². The summed E-state index contributed by atoms with van der Waals surface area (Å²) in [4.78, 5) is 66.4. The van der Waals surface area contributed by atoms with E-state index in [2.05, 4.69) is 21.3 Å². The van der Waals surface area contributed by atoms with Gasteiger partial charge in [0.15, 0.2) is 0 Å². The lowest BCUT2D eigenvalue weighted by atomic mass is 10.1. The summed E-state index contributed by atoms with van der Waals surface area (Å²) in [5.74, 6) is -2.11. The summed E-state index contributed by atoms with van der Waals surface area (Å²) < 4.78 is 10.4. The van der Waals surface area contributed by atoms with Crippen molar-refractivity contribution in [2.45, 2.75) is 11.8 Å². The van der Waals surface area contributed by atoms with E-state index in [1.807, 2.05) is 6.07 Å². The molecule has 0 aliphatic heterocycles. The van der Waals surface area contributed by atoms with Crippen molar-refractivity contribution in [2.75, 3.05) is 35.9 Å². The van der Waals surface area contributed by atoms with Gasteiger partial charge in [0, 0.05) is 27.4 Å². The fraction of sp³-hybridized carbons (Fsp3) is 0.103. The van der Waals surface area contributed by atoms with Crippen molar-refractivity contribution >= 4 is 75.1 Å². The van der Waals surface area contributed by atoms with E-state index in [4.69, 9.17) is 9.47 Å². The molecule has 0 fully saturated rings. The Kier molecular flexibility index (Phi) is 12.6. The molecule has 0 unspecified atom stereocenters. The number of anilines is 3. The molecule has 5 aromatic rings. The number of hydrogen-bond donors (Lipinski definition) is 4. The molecule has 0 aliphatic rings. The largest absolute Gasteiger partial charge is 0.496 e. The smallest absolute Gasteiger partial charge is 0.341 e. The van der Waals surface area contributed by atoms with Gasteiger partial charge in [0.1, 0.15) is 16.4 Å². The fourth-order valence-corrected chi connectivity index (χ4v) is 6.79. The summed E-state index contributed by atoms with van der Waals surface area (Å²) in [7, 11) is 2.74. The number of ether oxygens (including phenoxy) is 2. The summed E-state index contributed by atoms with van der Waals surface area (Å²) in [5, 5.41) is 11.3. The van der Waals surface area contributed by atoms with Crippen molar-refractivity contribution in [1.82, 2.24) is 5.32 Å². The Bertz CT molecular complexity index is 2130. The standard InChI is InChI=1S/C39H34N4O7S2/c1-24-33(39(48)50-3)38(52-34(24)37(47)40-27-16-8-5-9-17-27)43-32(44)23-51-29-19-12-18-28(22-29)41-36(46)30(21-26-15-10-11-20-31(26)49-2)42-35(45)25-13-6-4-7-14-25/h4-22H,23H2,1-3H3,(H,40,47)(H,41,46)(H,42,45)(H,43,44)/b30-21+. The van der Waals surface area contributed by atoms with Crippen LogP contribution in [0, 0.1) is 6.92 Å². The maximum absolute atomic E-state index is 13.6. The van der Waals surface area contributed by atoms with Crippen molar-refractivity contribution in [3.63, 3.8) is 0 Å². The molecule has 0 saturated carbocycles. The van der Waals surface area contributed by atoms with Gasteiger partial charge in [-0.15, -0.1) is 23.1 Å². The van der Waals surface area contributed by atoms with Crippen LogP contribution in [0.3, 0.4) is 0 Å². The average molecular weight is 735 g/mol. The first kappa shape index (κ1) is 37.1. The van der Waals surface area contributed by atoms with Gasteiger partial charge in [0.2, 0.25) is 5.91 Å². The zero-order valence-electron chi connectivity index (χ0n) is 28.4. The van der Waals surface area contributed by atoms with Crippen LogP contribution in [0.2, 0.25) is 0 Å². The molecule has 0 radical (unpaired) electrons. The van der Waals surface area contributed by atoms with Crippen molar-refractivity contribution in [1.29, 1.82) is 0 Å². The highest BCUT2D eigenvalue weighted by Crippen LogP contribution is 2.35. The number of rotatable bonds is 13. The predicted octanol–water partition coefficient (Wildman–Crippen LogP) is 7.24. The quantitative estimate of drug-likeness (QED) is 0.0561. The lowest BCUT2D eigenvalue weighted by Gasteiger charge is -2.13. The lowest BCUT2D eigenvalue weighted by molar-refractivity contribution is -0.114. The predicted molar refractivity (Wildman–Crippen MR) is 204 cm³/mol. The van der Waals surface area contributed by atoms with Crippen molar-refractivity contribution in [3.05, 3.63) is 142 Å². The molecule has 11 nitrogen and oxygen atoms in total. The number of hydrogen-bond acceptors (Lipinski definition) is 9. The fourth-order valence-electron chi connectivity index (χ4n) is 4.93. The molecule has 4 amide bonds. The zero-order chi connectivity index (χ0) is 37.0. The topological polar surface area (TPSA) is 152 Å². The van der Waals surface area contributed by atoms with Gasteiger partial charge in [0.05, 0.1) is 30.4 Å².